The molecule has 2 rings (SSSR count). The number of aldehydes is 1. The lowest BCUT2D eigenvalue weighted by atomic mass is 9.65. The van der Waals surface area contributed by atoms with Gasteiger partial charge in [-0.2, -0.15) is 0 Å². The summed E-state index contributed by atoms with van der Waals surface area (Å²) in [4.78, 5) is 11.1. The number of carbonyl (C=O) groups is 1. The van der Waals surface area contributed by atoms with E-state index in [9.17, 15) is 4.79 Å². The topological polar surface area (TPSA) is 17.1 Å². The lowest BCUT2D eigenvalue weighted by Crippen LogP contribution is -2.35. The Kier molecular flexibility index (Phi) is 2.18. The molecule has 0 bridgehead atoms. The minimum Gasteiger partial charge on any atom is -0.302 e. The van der Waals surface area contributed by atoms with Gasteiger partial charge in [-0.15, -0.1) is 0 Å². The third-order valence-electron chi connectivity index (χ3n) is 3.55. The summed E-state index contributed by atoms with van der Waals surface area (Å²) in [5.74, 6) is 0. The number of rotatable bonds is 2. The quantitative estimate of drug-likeness (QED) is 0.652. The molecule has 1 aromatic rings. The Morgan fingerprint density at radius 2 is 1.93 bits per heavy atom. The van der Waals surface area contributed by atoms with Crippen LogP contribution in [0.1, 0.15) is 36.0 Å². The lowest BCUT2D eigenvalue weighted by molar-refractivity contribution is -0.115. The monoisotopic (exact) mass is 188 g/mol. The first kappa shape index (κ1) is 9.45. The minimum absolute atomic E-state index is 0.140. The molecule has 0 heterocycles. The number of hydrogen-bond acceptors (Lipinski definition) is 1. The molecule has 0 spiro atoms. The fourth-order valence-electron chi connectivity index (χ4n) is 2.08. The highest BCUT2D eigenvalue weighted by atomic mass is 16.1. The fraction of sp³-hybridized carbons (Fsp3) is 0.462. The van der Waals surface area contributed by atoms with E-state index in [4.69, 9.17) is 0 Å². The van der Waals surface area contributed by atoms with Crippen LogP contribution in [0.4, 0.5) is 0 Å². The number of benzene rings is 1. The van der Waals surface area contributed by atoms with E-state index < -0.39 is 0 Å². The van der Waals surface area contributed by atoms with Crippen LogP contribution in [0.2, 0.25) is 0 Å². The number of aryl methyl sites for hydroxylation is 2. The van der Waals surface area contributed by atoms with Crippen LogP contribution in [-0.4, -0.2) is 6.29 Å². The van der Waals surface area contributed by atoms with Crippen molar-refractivity contribution in [2.45, 2.75) is 38.5 Å². The van der Waals surface area contributed by atoms with Gasteiger partial charge in [0.2, 0.25) is 0 Å². The van der Waals surface area contributed by atoms with E-state index in [1.807, 2.05) is 0 Å². The molecule has 0 aromatic heterocycles. The van der Waals surface area contributed by atoms with Crippen molar-refractivity contribution in [2.24, 2.45) is 0 Å². The Balaban J connectivity index is 2.41. The summed E-state index contributed by atoms with van der Waals surface area (Å²) >= 11 is 0. The van der Waals surface area contributed by atoms with Crippen LogP contribution in [0.15, 0.2) is 18.2 Å². The second-order valence-corrected chi connectivity index (χ2v) is 4.43. The fourth-order valence-corrected chi connectivity index (χ4v) is 2.08. The first-order valence-electron chi connectivity index (χ1n) is 5.22. The van der Waals surface area contributed by atoms with Crippen molar-refractivity contribution >= 4 is 6.29 Å². The van der Waals surface area contributed by atoms with Gasteiger partial charge in [0.25, 0.3) is 0 Å². The molecule has 0 atom stereocenters. The summed E-state index contributed by atoms with van der Waals surface area (Å²) in [6.07, 6.45) is 4.38. The smallest absolute Gasteiger partial charge is 0.130 e. The highest BCUT2D eigenvalue weighted by molar-refractivity contribution is 5.70. The average Bonchev–Trinajstić information content (AvgIpc) is 2.10. The highest BCUT2D eigenvalue weighted by Gasteiger charge is 2.38. The van der Waals surface area contributed by atoms with Gasteiger partial charge in [-0.1, -0.05) is 24.6 Å². The first-order valence-corrected chi connectivity index (χ1v) is 5.22. The van der Waals surface area contributed by atoms with Gasteiger partial charge in [-0.05, 0) is 43.4 Å². The van der Waals surface area contributed by atoms with Gasteiger partial charge in [-0.3, -0.25) is 0 Å². The molecule has 1 aromatic carbocycles. The van der Waals surface area contributed by atoms with Crippen LogP contribution >= 0.6 is 0 Å². The van der Waals surface area contributed by atoms with Gasteiger partial charge in [0, 0.05) is 0 Å². The Labute approximate surface area is 85.1 Å². The van der Waals surface area contributed by atoms with E-state index in [-0.39, 0.29) is 5.41 Å². The zero-order valence-electron chi connectivity index (χ0n) is 8.84. The summed E-state index contributed by atoms with van der Waals surface area (Å²) in [7, 11) is 0. The molecule has 14 heavy (non-hydrogen) atoms. The highest BCUT2D eigenvalue weighted by Crippen LogP contribution is 2.42. The summed E-state index contributed by atoms with van der Waals surface area (Å²) in [6, 6.07) is 6.40. The van der Waals surface area contributed by atoms with Crippen LogP contribution in [0.5, 0.6) is 0 Å². The second kappa shape index (κ2) is 3.23. The molecule has 0 N–H and O–H groups in total. The van der Waals surface area contributed by atoms with Gasteiger partial charge in [0.05, 0.1) is 5.41 Å². The zero-order valence-corrected chi connectivity index (χ0v) is 8.84. The van der Waals surface area contributed by atoms with Crippen LogP contribution in [0.3, 0.4) is 0 Å². The molecule has 1 aliphatic rings. The Morgan fingerprint density at radius 1 is 1.21 bits per heavy atom. The molecular weight excluding hydrogens is 172 g/mol. The summed E-state index contributed by atoms with van der Waals surface area (Å²) in [5, 5.41) is 0. The van der Waals surface area contributed by atoms with Crippen LogP contribution in [0.25, 0.3) is 0 Å². The molecule has 74 valence electrons. The molecule has 0 amide bonds. The molecule has 1 nitrogen and oxygen atoms in total. The second-order valence-electron chi connectivity index (χ2n) is 4.43. The molecule has 1 aliphatic carbocycles. The maximum atomic E-state index is 11.1. The largest absolute Gasteiger partial charge is 0.302 e. The third-order valence-corrected chi connectivity index (χ3v) is 3.55. The van der Waals surface area contributed by atoms with Gasteiger partial charge in [0.15, 0.2) is 0 Å². The van der Waals surface area contributed by atoms with E-state index in [1.54, 1.807) is 0 Å². The van der Waals surface area contributed by atoms with E-state index >= 15 is 0 Å². The predicted molar refractivity (Wildman–Crippen MR) is 57.5 cm³/mol. The van der Waals surface area contributed by atoms with Crippen molar-refractivity contribution in [3.8, 4) is 0 Å². The summed E-state index contributed by atoms with van der Waals surface area (Å²) in [6.45, 7) is 4.21. The van der Waals surface area contributed by atoms with Crippen molar-refractivity contribution < 1.29 is 4.79 Å². The predicted octanol–water partition coefficient (Wildman–Crippen LogP) is 2.92. The van der Waals surface area contributed by atoms with Gasteiger partial charge < -0.3 is 4.79 Å². The van der Waals surface area contributed by atoms with Crippen LogP contribution < -0.4 is 0 Å². The molecule has 0 aliphatic heterocycles. The van der Waals surface area contributed by atoms with E-state index in [1.165, 1.54) is 23.1 Å². The van der Waals surface area contributed by atoms with Gasteiger partial charge in [-0.25, -0.2) is 0 Å². The molecule has 0 unspecified atom stereocenters. The third kappa shape index (κ3) is 1.28. The molecule has 0 saturated heterocycles. The molecule has 1 heteroatoms. The maximum Gasteiger partial charge on any atom is 0.130 e. The molecule has 0 radical (unpaired) electrons. The van der Waals surface area contributed by atoms with Crippen molar-refractivity contribution in [3.05, 3.63) is 34.9 Å². The zero-order chi connectivity index (χ0) is 10.2. The minimum atomic E-state index is -0.140. The average molecular weight is 188 g/mol. The molecule has 1 fully saturated rings. The Hall–Kier alpha value is -1.11. The van der Waals surface area contributed by atoms with Gasteiger partial charge in [0.1, 0.15) is 6.29 Å². The van der Waals surface area contributed by atoms with Crippen molar-refractivity contribution in [2.75, 3.05) is 0 Å². The molecular formula is C13H16O. The Morgan fingerprint density at radius 3 is 2.36 bits per heavy atom. The van der Waals surface area contributed by atoms with E-state index in [0.29, 0.717) is 0 Å². The van der Waals surface area contributed by atoms with Crippen LogP contribution in [-0.2, 0) is 10.2 Å². The molecule has 1 saturated carbocycles. The maximum absolute atomic E-state index is 11.1. The van der Waals surface area contributed by atoms with E-state index in [2.05, 4.69) is 32.0 Å². The number of carbonyl (C=O) groups excluding carboxylic acids is 1. The van der Waals surface area contributed by atoms with Crippen molar-refractivity contribution in [1.29, 1.82) is 0 Å². The first-order chi connectivity index (χ1) is 6.68. The van der Waals surface area contributed by atoms with Gasteiger partial charge >= 0.3 is 0 Å². The van der Waals surface area contributed by atoms with Crippen molar-refractivity contribution in [3.63, 3.8) is 0 Å². The standard InChI is InChI=1S/C13H16O/c1-10-4-5-12(8-11(10)2)13(9-14)6-3-7-13/h4-5,8-9H,3,6-7H2,1-2H3. The summed E-state index contributed by atoms with van der Waals surface area (Å²) < 4.78 is 0. The SMILES string of the molecule is Cc1ccc(C2(C=O)CCC2)cc1C. The number of hydrogen-bond donors (Lipinski definition) is 0. The lowest BCUT2D eigenvalue weighted by Gasteiger charge is -2.37. The Bertz CT molecular complexity index is 361. The van der Waals surface area contributed by atoms with Crippen molar-refractivity contribution in [1.82, 2.24) is 0 Å². The normalized spacial score (nSPS) is 18.7. The summed E-state index contributed by atoms with van der Waals surface area (Å²) in [5.41, 5.74) is 3.66. The van der Waals surface area contributed by atoms with Crippen LogP contribution in [0, 0.1) is 13.8 Å². The van der Waals surface area contributed by atoms with E-state index in [0.717, 1.165) is 19.1 Å².